The Hall–Kier alpha value is -2.74. The Labute approximate surface area is 190 Å². The fourth-order valence-corrected chi connectivity index (χ4v) is 4.36. The molecule has 0 aliphatic heterocycles. The van der Waals surface area contributed by atoms with Crippen molar-refractivity contribution >= 4 is 33.4 Å². The van der Waals surface area contributed by atoms with E-state index in [9.17, 15) is 19.7 Å². The number of nitrogens with zero attached hydrogens (tertiary/aromatic N) is 2. The SMILES string of the molecule is C[C@H](C(=O)NC1CCCC1)N(Cc1cccc(Br)c1)C(=O)Cc1ccccc1[N+](=O)[O-]. The maximum Gasteiger partial charge on any atom is 0.273 e. The third-order valence-corrected chi connectivity index (χ3v) is 6.13. The number of rotatable bonds is 8. The van der Waals surface area contributed by atoms with E-state index in [0.29, 0.717) is 5.56 Å². The van der Waals surface area contributed by atoms with Gasteiger partial charge in [0.2, 0.25) is 11.8 Å². The summed E-state index contributed by atoms with van der Waals surface area (Å²) < 4.78 is 0.874. The number of para-hydroxylation sites is 1. The molecule has 31 heavy (non-hydrogen) atoms. The van der Waals surface area contributed by atoms with E-state index in [1.165, 1.54) is 11.0 Å². The van der Waals surface area contributed by atoms with Crippen LogP contribution in [0.2, 0.25) is 0 Å². The summed E-state index contributed by atoms with van der Waals surface area (Å²) in [5, 5.41) is 14.4. The van der Waals surface area contributed by atoms with Gasteiger partial charge in [0, 0.05) is 28.7 Å². The zero-order valence-electron chi connectivity index (χ0n) is 17.4. The molecule has 0 heterocycles. The van der Waals surface area contributed by atoms with Gasteiger partial charge in [0.05, 0.1) is 11.3 Å². The fourth-order valence-electron chi connectivity index (χ4n) is 3.91. The highest BCUT2D eigenvalue weighted by atomic mass is 79.9. The summed E-state index contributed by atoms with van der Waals surface area (Å²) in [6, 6.07) is 13.2. The second-order valence-electron chi connectivity index (χ2n) is 7.88. The molecule has 0 bridgehead atoms. The number of nitro benzene ring substituents is 1. The van der Waals surface area contributed by atoms with Gasteiger partial charge in [-0.05, 0) is 37.5 Å². The summed E-state index contributed by atoms with van der Waals surface area (Å²) in [7, 11) is 0. The normalized spacial score (nSPS) is 14.8. The summed E-state index contributed by atoms with van der Waals surface area (Å²) in [6.45, 7) is 1.94. The number of nitro groups is 1. The quantitative estimate of drug-likeness (QED) is 0.441. The van der Waals surface area contributed by atoms with Crippen molar-refractivity contribution in [3.8, 4) is 0 Å². The zero-order valence-corrected chi connectivity index (χ0v) is 19.0. The Morgan fingerprint density at radius 1 is 1.19 bits per heavy atom. The van der Waals surface area contributed by atoms with Crippen LogP contribution in [0.15, 0.2) is 53.0 Å². The van der Waals surface area contributed by atoms with Crippen LogP contribution >= 0.6 is 15.9 Å². The minimum Gasteiger partial charge on any atom is -0.352 e. The average Bonchev–Trinajstić information content (AvgIpc) is 3.24. The summed E-state index contributed by atoms with van der Waals surface area (Å²) in [6.07, 6.45) is 3.95. The van der Waals surface area contributed by atoms with Gasteiger partial charge < -0.3 is 10.2 Å². The maximum absolute atomic E-state index is 13.3. The van der Waals surface area contributed by atoms with Gasteiger partial charge in [-0.2, -0.15) is 0 Å². The van der Waals surface area contributed by atoms with Crippen molar-refractivity contribution in [3.05, 3.63) is 74.2 Å². The largest absolute Gasteiger partial charge is 0.352 e. The van der Waals surface area contributed by atoms with Crippen LogP contribution in [0.5, 0.6) is 0 Å². The van der Waals surface area contributed by atoms with Crippen molar-refractivity contribution in [1.82, 2.24) is 10.2 Å². The molecule has 2 amide bonds. The molecule has 0 saturated heterocycles. The molecule has 2 aromatic rings. The lowest BCUT2D eigenvalue weighted by Gasteiger charge is -2.30. The van der Waals surface area contributed by atoms with Crippen LogP contribution in [0.1, 0.15) is 43.7 Å². The fraction of sp³-hybridized carbons (Fsp3) is 0.391. The number of benzene rings is 2. The number of halogens is 1. The number of amides is 2. The Bertz CT molecular complexity index is 959. The monoisotopic (exact) mass is 487 g/mol. The molecule has 0 aromatic heterocycles. The van der Waals surface area contributed by atoms with Gasteiger partial charge in [0.25, 0.3) is 5.69 Å². The summed E-state index contributed by atoms with van der Waals surface area (Å²) in [5.41, 5.74) is 1.10. The topological polar surface area (TPSA) is 92.6 Å². The van der Waals surface area contributed by atoms with Crippen LogP contribution < -0.4 is 5.32 Å². The van der Waals surface area contributed by atoms with E-state index in [-0.39, 0.29) is 36.5 Å². The Morgan fingerprint density at radius 3 is 2.58 bits per heavy atom. The lowest BCUT2D eigenvalue weighted by atomic mass is 10.1. The van der Waals surface area contributed by atoms with Crippen LogP contribution in [0.3, 0.4) is 0 Å². The molecule has 1 fully saturated rings. The molecule has 8 heteroatoms. The Kier molecular flexibility index (Phi) is 7.79. The molecular weight excluding hydrogens is 462 g/mol. The molecule has 164 valence electrons. The van der Waals surface area contributed by atoms with Crippen molar-refractivity contribution in [2.24, 2.45) is 0 Å². The molecule has 7 nitrogen and oxygen atoms in total. The van der Waals surface area contributed by atoms with Crippen LogP contribution in [-0.2, 0) is 22.6 Å². The second kappa shape index (κ2) is 10.5. The van der Waals surface area contributed by atoms with E-state index in [2.05, 4.69) is 21.2 Å². The van der Waals surface area contributed by atoms with Crippen molar-refractivity contribution in [1.29, 1.82) is 0 Å². The highest BCUT2D eigenvalue weighted by molar-refractivity contribution is 9.10. The molecule has 0 spiro atoms. The number of hydrogen-bond acceptors (Lipinski definition) is 4. The Balaban J connectivity index is 1.82. The first-order valence-corrected chi connectivity index (χ1v) is 11.2. The van der Waals surface area contributed by atoms with Gasteiger partial charge in [-0.15, -0.1) is 0 Å². The molecule has 0 radical (unpaired) electrons. The minimum absolute atomic E-state index is 0.0960. The molecule has 1 saturated carbocycles. The maximum atomic E-state index is 13.3. The molecule has 0 unspecified atom stereocenters. The smallest absolute Gasteiger partial charge is 0.273 e. The third kappa shape index (κ3) is 6.13. The zero-order chi connectivity index (χ0) is 22.4. The van der Waals surface area contributed by atoms with E-state index >= 15 is 0 Å². The van der Waals surface area contributed by atoms with Gasteiger partial charge in [-0.3, -0.25) is 19.7 Å². The lowest BCUT2D eigenvalue weighted by molar-refractivity contribution is -0.385. The van der Waals surface area contributed by atoms with Crippen LogP contribution in [0, 0.1) is 10.1 Å². The van der Waals surface area contributed by atoms with Crippen LogP contribution in [0.25, 0.3) is 0 Å². The van der Waals surface area contributed by atoms with Crippen LogP contribution in [0.4, 0.5) is 5.69 Å². The van der Waals surface area contributed by atoms with Crippen LogP contribution in [-0.4, -0.2) is 33.7 Å². The van der Waals surface area contributed by atoms with Gasteiger partial charge >= 0.3 is 0 Å². The Morgan fingerprint density at radius 2 is 1.90 bits per heavy atom. The highest BCUT2D eigenvalue weighted by Crippen LogP contribution is 2.22. The van der Waals surface area contributed by atoms with E-state index in [4.69, 9.17) is 0 Å². The molecule has 3 rings (SSSR count). The molecule has 1 aliphatic carbocycles. The van der Waals surface area contributed by atoms with Crippen molar-refractivity contribution < 1.29 is 14.5 Å². The van der Waals surface area contributed by atoms with E-state index in [0.717, 1.165) is 35.7 Å². The first-order chi connectivity index (χ1) is 14.8. The number of carbonyl (C=O) groups is 2. The van der Waals surface area contributed by atoms with Gasteiger partial charge in [-0.25, -0.2) is 0 Å². The van der Waals surface area contributed by atoms with Gasteiger partial charge in [0.15, 0.2) is 0 Å². The first-order valence-electron chi connectivity index (χ1n) is 10.4. The number of carbonyl (C=O) groups excluding carboxylic acids is 2. The standard InChI is InChI=1S/C23H26BrN3O4/c1-16(23(29)25-20-10-3-4-11-20)26(15-17-7-6-9-19(24)13-17)22(28)14-18-8-2-5-12-21(18)27(30)31/h2,5-9,12-13,16,20H,3-4,10-11,14-15H2,1H3,(H,25,29)/t16-/m1/s1. The van der Waals surface area contributed by atoms with Gasteiger partial charge in [-0.1, -0.05) is 59.1 Å². The van der Waals surface area contributed by atoms with Crippen molar-refractivity contribution in [3.63, 3.8) is 0 Å². The minimum atomic E-state index is -0.699. The summed E-state index contributed by atoms with van der Waals surface area (Å²) >= 11 is 3.43. The third-order valence-electron chi connectivity index (χ3n) is 5.64. The van der Waals surface area contributed by atoms with Crippen molar-refractivity contribution in [2.75, 3.05) is 0 Å². The van der Waals surface area contributed by atoms with Gasteiger partial charge in [0.1, 0.15) is 6.04 Å². The van der Waals surface area contributed by atoms with Crippen molar-refractivity contribution in [2.45, 2.75) is 57.7 Å². The first kappa shape index (κ1) is 22.9. The summed E-state index contributed by atoms with van der Waals surface area (Å²) in [4.78, 5) is 38.5. The highest BCUT2D eigenvalue weighted by Gasteiger charge is 2.29. The van der Waals surface area contributed by atoms with E-state index in [1.54, 1.807) is 25.1 Å². The van der Waals surface area contributed by atoms with E-state index < -0.39 is 11.0 Å². The average molecular weight is 488 g/mol. The van der Waals surface area contributed by atoms with E-state index in [1.807, 2.05) is 24.3 Å². The second-order valence-corrected chi connectivity index (χ2v) is 8.80. The molecule has 2 aromatic carbocycles. The predicted octanol–water partition coefficient (Wildman–Crippen LogP) is 4.38. The molecular formula is C23H26BrN3O4. The predicted molar refractivity (Wildman–Crippen MR) is 121 cm³/mol. The molecule has 1 N–H and O–H groups in total. The molecule has 1 aliphatic rings. The summed E-state index contributed by atoms with van der Waals surface area (Å²) in [5.74, 6) is -0.527. The molecule has 1 atom stereocenters. The number of hydrogen-bond donors (Lipinski definition) is 1. The lowest BCUT2D eigenvalue weighted by Crippen LogP contribution is -2.50. The number of nitrogens with one attached hydrogen (secondary N) is 1.